The van der Waals surface area contributed by atoms with Gasteiger partial charge in [0.05, 0.1) is 11.9 Å². The minimum atomic E-state index is 0.772. The molecule has 4 nitrogen and oxygen atoms in total. The van der Waals surface area contributed by atoms with Crippen molar-refractivity contribution in [3.63, 3.8) is 0 Å². The van der Waals surface area contributed by atoms with Gasteiger partial charge in [-0.05, 0) is 17.7 Å². The van der Waals surface area contributed by atoms with E-state index in [0.717, 1.165) is 22.0 Å². The van der Waals surface area contributed by atoms with Crippen LogP contribution in [0.25, 0.3) is 11.3 Å². The largest absolute Gasteiger partial charge is 0.265 e. The van der Waals surface area contributed by atoms with Crippen LogP contribution in [-0.2, 0) is 0 Å². The van der Waals surface area contributed by atoms with Gasteiger partial charge in [-0.15, -0.1) is 11.3 Å². The number of rotatable bonds is 4. The van der Waals surface area contributed by atoms with E-state index in [1.165, 1.54) is 11.3 Å². The minimum Gasteiger partial charge on any atom is -0.265 e. The average Bonchev–Trinajstić information content (AvgIpc) is 2.98. The van der Waals surface area contributed by atoms with Crippen LogP contribution in [-0.4, -0.2) is 16.2 Å². The molecule has 2 aromatic heterocycles. The van der Waals surface area contributed by atoms with E-state index < -0.39 is 0 Å². The summed E-state index contributed by atoms with van der Waals surface area (Å²) in [5.41, 5.74) is 5.99. The molecule has 1 N–H and O–H groups in total. The van der Waals surface area contributed by atoms with E-state index >= 15 is 0 Å². The van der Waals surface area contributed by atoms with Gasteiger partial charge < -0.3 is 0 Å². The van der Waals surface area contributed by atoms with Crippen LogP contribution in [0, 0.1) is 0 Å². The Kier molecular flexibility index (Phi) is 3.80. The van der Waals surface area contributed by atoms with Crippen molar-refractivity contribution < 1.29 is 0 Å². The maximum Gasteiger partial charge on any atom is 0.203 e. The molecule has 0 bridgehead atoms. The molecule has 3 aromatic rings. The molecule has 20 heavy (non-hydrogen) atoms. The summed E-state index contributed by atoms with van der Waals surface area (Å²) in [4.78, 5) is 8.45. The predicted molar refractivity (Wildman–Crippen MR) is 83.0 cm³/mol. The van der Waals surface area contributed by atoms with Gasteiger partial charge in [0.25, 0.3) is 0 Å². The number of hydrogen-bond donors (Lipinski definition) is 1. The second kappa shape index (κ2) is 6.08. The first-order chi connectivity index (χ1) is 9.92. The number of pyridine rings is 1. The van der Waals surface area contributed by atoms with E-state index in [9.17, 15) is 0 Å². The van der Waals surface area contributed by atoms with Crippen LogP contribution >= 0.6 is 11.3 Å². The standard InChI is InChI=1S/C15H12N4S/c1-2-4-13(5-3-1)14-11-20-15(18-14)19-17-10-12-6-8-16-9-7-12/h1-11H,(H,18,19)/b17-10-. The molecular formula is C15H12N4S. The third-order valence-electron chi connectivity index (χ3n) is 2.65. The Bertz CT molecular complexity index is 692. The highest BCUT2D eigenvalue weighted by molar-refractivity contribution is 7.14. The highest BCUT2D eigenvalue weighted by Crippen LogP contribution is 2.24. The van der Waals surface area contributed by atoms with Crippen LogP contribution in [0.3, 0.4) is 0 Å². The van der Waals surface area contributed by atoms with Crippen molar-refractivity contribution in [3.8, 4) is 11.3 Å². The van der Waals surface area contributed by atoms with Gasteiger partial charge in [-0.3, -0.25) is 10.4 Å². The van der Waals surface area contributed by atoms with Crippen molar-refractivity contribution in [2.24, 2.45) is 5.10 Å². The Labute approximate surface area is 120 Å². The lowest BCUT2D eigenvalue weighted by Gasteiger charge is -1.95. The first-order valence-electron chi connectivity index (χ1n) is 6.12. The van der Waals surface area contributed by atoms with E-state index in [1.807, 2.05) is 47.8 Å². The lowest BCUT2D eigenvalue weighted by atomic mass is 10.2. The second-order valence-electron chi connectivity index (χ2n) is 4.05. The number of hydrogen-bond acceptors (Lipinski definition) is 5. The monoisotopic (exact) mass is 280 g/mol. The predicted octanol–water partition coefficient (Wildman–Crippen LogP) is 3.65. The third-order valence-corrected chi connectivity index (χ3v) is 3.40. The number of anilines is 1. The highest BCUT2D eigenvalue weighted by atomic mass is 32.1. The third kappa shape index (κ3) is 3.07. The number of thiazole rings is 1. The molecule has 0 fully saturated rings. The van der Waals surface area contributed by atoms with E-state index in [-0.39, 0.29) is 0 Å². The maximum atomic E-state index is 4.49. The summed E-state index contributed by atoms with van der Waals surface area (Å²) in [5.74, 6) is 0. The van der Waals surface area contributed by atoms with Crippen molar-refractivity contribution >= 4 is 22.7 Å². The number of benzene rings is 1. The normalized spacial score (nSPS) is 10.8. The second-order valence-corrected chi connectivity index (χ2v) is 4.91. The zero-order chi connectivity index (χ0) is 13.6. The molecule has 2 heterocycles. The Hall–Kier alpha value is -2.53. The molecule has 0 aliphatic heterocycles. The van der Waals surface area contributed by atoms with Crippen LogP contribution < -0.4 is 5.43 Å². The van der Waals surface area contributed by atoms with Gasteiger partial charge in [0.15, 0.2) is 0 Å². The first kappa shape index (κ1) is 12.5. The van der Waals surface area contributed by atoms with Gasteiger partial charge in [-0.1, -0.05) is 30.3 Å². The number of nitrogens with zero attached hydrogens (tertiary/aromatic N) is 3. The molecule has 3 rings (SSSR count). The van der Waals surface area contributed by atoms with E-state index in [2.05, 4.69) is 20.5 Å². The highest BCUT2D eigenvalue weighted by Gasteiger charge is 2.02. The summed E-state index contributed by atoms with van der Waals surface area (Å²) in [6, 6.07) is 13.9. The fourth-order valence-corrected chi connectivity index (χ4v) is 2.35. The summed E-state index contributed by atoms with van der Waals surface area (Å²) in [6.07, 6.45) is 5.21. The minimum absolute atomic E-state index is 0.772. The van der Waals surface area contributed by atoms with E-state index in [0.29, 0.717) is 0 Å². The van der Waals surface area contributed by atoms with Crippen LogP contribution in [0.2, 0.25) is 0 Å². The Morgan fingerprint density at radius 3 is 2.65 bits per heavy atom. The van der Waals surface area contributed by atoms with Crippen LogP contribution in [0.1, 0.15) is 5.56 Å². The fraction of sp³-hybridized carbons (Fsp3) is 0. The lowest BCUT2D eigenvalue weighted by Crippen LogP contribution is -1.90. The zero-order valence-electron chi connectivity index (χ0n) is 10.6. The summed E-state index contributed by atoms with van der Waals surface area (Å²) < 4.78 is 0. The molecule has 1 aromatic carbocycles. The van der Waals surface area contributed by atoms with Gasteiger partial charge in [-0.2, -0.15) is 5.10 Å². The summed E-state index contributed by atoms with van der Waals surface area (Å²) in [5, 5.41) is 6.95. The van der Waals surface area contributed by atoms with Crippen molar-refractivity contribution in [2.45, 2.75) is 0 Å². The number of hydrazone groups is 1. The Morgan fingerprint density at radius 1 is 1.05 bits per heavy atom. The lowest BCUT2D eigenvalue weighted by molar-refractivity contribution is 1.28. The molecule has 0 unspecified atom stereocenters. The van der Waals surface area contributed by atoms with Gasteiger partial charge in [0, 0.05) is 23.3 Å². The molecule has 0 saturated heterocycles. The molecule has 0 aliphatic rings. The molecule has 0 aliphatic carbocycles. The topological polar surface area (TPSA) is 50.2 Å². The first-order valence-corrected chi connectivity index (χ1v) is 7.00. The molecular weight excluding hydrogens is 268 g/mol. The van der Waals surface area contributed by atoms with E-state index in [1.54, 1.807) is 18.6 Å². The zero-order valence-corrected chi connectivity index (χ0v) is 11.4. The van der Waals surface area contributed by atoms with E-state index in [4.69, 9.17) is 0 Å². The van der Waals surface area contributed by atoms with Crippen molar-refractivity contribution in [3.05, 3.63) is 65.8 Å². The fourth-order valence-electron chi connectivity index (χ4n) is 1.68. The molecule has 5 heteroatoms. The smallest absolute Gasteiger partial charge is 0.203 e. The van der Waals surface area contributed by atoms with Gasteiger partial charge in [0.2, 0.25) is 5.13 Å². The summed E-state index contributed by atoms with van der Waals surface area (Å²) >= 11 is 1.53. The van der Waals surface area contributed by atoms with Gasteiger partial charge >= 0.3 is 0 Å². The molecule has 98 valence electrons. The van der Waals surface area contributed by atoms with Crippen LogP contribution in [0.5, 0.6) is 0 Å². The van der Waals surface area contributed by atoms with Crippen molar-refractivity contribution in [2.75, 3.05) is 5.43 Å². The molecule has 0 spiro atoms. The SMILES string of the molecule is C(=N/Nc1nc(-c2ccccc2)cs1)/c1ccncc1. The Morgan fingerprint density at radius 2 is 1.85 bits per heavy atom. The molecule has 0 amide bonds. The van der Waals surface area contributed by atoms with Crippen molar-refractivity contribution in [1.29, 1.82) is 0 Å². The van der Waals surface area contributed by atoms with Crippen molar-refractivity contribution in [1.82, 2.24) is 9.97 Å². The molecule has 0 saturated carbocycles. The van der Waals surface area contributed by atoms with Crippen LogP contribution in [0.15, 0.2) is 65.3 Å². The molecule has 0 atom stereocenters. The quantitative estimate of drug-likeness (QED) is 0.586. The Balaban J connectivity index is 1.68. The van der Waals surface area contributed by atoms with Crippen LogP contribution in [0.4, 0.5) is 5.13 Å². The number of nitrogens with one attached hydrogen (secondary N) is 1. The maximum absolute atomic E-state index is 4.49. The average molecular weight is 280 g/mol. The van der Waals surface area contributed by atoms with Gasteiger partial charge in [-0.25, -0.2) is 4.98 Å². The van der Waals surface area contributed by atoms with Gasteiger partial charge in [0.1, 0.15) is 0 Å². The molecule has 0 radical (unpaired) electrons. The summed E-state index contributed by atoms with van der Waals surface area (Å²) in [7, 11) is 0. The summed E-state index contributed by atoms with van der Waals surface area (Å²) in [6.45, 7) is 0. The number of aromatic nitrogens is 2.